The number of carbonyl (C=O) groups is 2. The Morgan fingerprint density at radius 3 is 2.34 bits per heavy atom. The van der Waals surface area contributed by atoms with Gasteiger partial charge in [-0.25, -0.2) is 0 Å². The largest absolute Gasteiger partial charge is 0.414 e. The lowest BCUT2D eigenvalue weighted by molar-refractivity contribution is -0.223. The number of nitrogens with zero attached hydrogens (tertiary/aromatic N) is 2. The van der Waals surface area contributed by atoms with Crippen molar-refractivity contribution in [1.82, 2.24) is 9.80 Å². The van der Waals surface area contributed by atoms with Crippen molar-refractivity contribution in [2.45, 2.75) is 38.0 Å². The van der Waals surface area contributed by atoms with Crippen LogP contribution in [0.3, 0.4) is 0 Å². The first-order chi connectivity index (χ1) is 15.3. The molecule has 2 aliphatic heterocycles. The van der Waals surface area contributed by atoms with Gasteiger partial charge in [-0.2, -0.15) is 13.2 Å². The molecule has 2 aromatic carbocycles. The lowest BCUT2D eigenvalue weighted by Crippen LogP contribution is -2.50. The van der Waals surface area contributed by atoms with Crippen LogP contribution in [0.5, 0.6) is 0 Å². The summed E-state index contributed by atoms with van der Waals surface area (Å²) in [5.41, 5.74) is 0.609. The summed E-state index contributed by atoms with van der Waals surface area (Å²) >= 11 is 0. The third-order valence-corrected chi connectivity index (χ3v) is 6.71. The standard InChI is InChI=1S/C24H27F3N2O3/c25-24(26,27)21(30)17-10-13-28(14-11-17)22(31)18-7-4-12-29(15-18)23(32)20-9-3-6-16-5-1-2-8-19(16)20/h1-3,5-6,8-9,17-18,21,30H,4,7,10-15H2. The highest BCUT2D eigenvalue weighted by molar-refractivity contribution is 6.07. The molecule has 8 heteroatoms. The molecule has 0 radical (unpaired) electrons. The van der Waals surface area contributed by atoms with E-state index in [9.17, 15) is 27.9 Å². The Hall–Kier alpha value is -2.61. The third-order valence-electron chi connectivity index (χ3n) is 6.71. The molecule has 0 bridgehead atoms. The van der Waals surface area contributed by atoms with Crippen LogP contribution in [0.15, 0.2) is 42.5 Å². The highest BCUT2D eigenvalue weighted by atomic mass is 19.4. The molecule has 2 unspecified atom stereocenters. The van der Waals surface area contributed by atoms with Crippen molar-refractivity contribution in [3.63, 3.8) is 0 Å². The van der Waals surface area contributed by atoms with Gasteiger partial charge in [0, 0.05) is 31.7 Å². The molecule has 2 amide bonds. The molecule has 1 N–H and O–H groups in total. The van der Waals surface area contributed by atoms with Crippen LogP contribution in [0.4, 0.5) is 13.2 Å². The molecule has 0 aliphatic carbocycles. The normalized spacial score (nSPS) is 21.6. The molecule has 0 saturated carbocycles. The molecule has 2 saturated heterocycles. The number of piperidine rings is 2. The molecule has 2 aliphatic rings. The summed E-state index contributed by atoms with van der Waals surface area (Å²) in [5.74, 6) is -1.45. The van der Waals surface area contributed by atoms with Gasteiger partial charge in [0.1, 0.15) is 0 Å². The molecule has 0 spiro atoms. The SMILES string of the molecule is O=C(c1cccc2ccccc12)N1CCCC(C(=O)N2CCC(C(O)C(F)(F)F)CC2)C1. The maximum atomic E-state index is 13.2. The minimum Gasteiger partial charge on any atom is -0.383 e. The number of rotatable bonds is 3. The summed E-state index contributed by atoms with van der Waals surface area (Å²) in [6.45, 7) is 1.28. The van der Waals surface area contributed by atoms with Crippen molar-refractivity contribution in [2.75, 3.05) is 26.2 Å². The molecule has 2 aromatic rings. The molecule has 32 heavy (non-hydrogen) atoms. The fourth-order valence-corrected chi connectivity index (χ4v) is 4.91. The van der Waals surface area contributed by atoms with Crippen LogP contribution in [0.2, 0.25) is 0 Å². The van der Waals surface area contributed by atoms with Gasteiger partial charge >= 0.3 is 6.18 Å². The van der Waals surface area contributed by atoms with Gasteiger partial charge in [0.15, 0.2) is 6.10 Å². The second-order valence-corrected chi connectivity index (χ2v) is 8.77. The Morgan fingerprint density at radius 2 is 1.62 bits per heavy atom. The summed E-state index contributed by atoms with van der Waals surface area (Å²) in [6.07, 6.45) is -5.37. The monoisotopic (exact) mass is 448 g/mol. The van der Waals surface area contributed by atoms with E-state index in [-0.39, 0.29) is 43.7 Å². The zero-order valence-electron chi connectivity index (χ0n) is 17.7. The summed E-state index contributed by atoms with van der Waals surface area (Å²) in [4.78, 5) is 29.6. The minimum atomic E-state index is -4.64. The second kappa shape index (κ2) is 9.10. The number of aliphatic hydroxyl groups excluding tert-OH is 1. The quantitative estimate of drug-likeness (QED) is 0.776. The van der Waals surface area contributed by atoms with Crippen LogP contribution < -0.4 is 0 Å². The van der Waals surface area contributed by atoms with Crippen LogP contribution in [0, 0.1) is 11.8 Å². The smallest absolute Gasteiger partial charge is 0.383 e. The van der Waals surface area contributed by atoms with Gasteiger partial charge in [0.25, 0.3) is 5.91 Å². The zero-order valence-corrected chi connectivity index (χ0v) is 17.7. The number of benzene rings is 2. The van der Waals surface area contributed by atoms with Crippen molar-refractivity contribution in [1.29, 1.82) is 0 Å². The molecule has 5 nitrogen and oxygen atoms in total. The Morgan fingerprint density at radius 1 is 0.938 bits per heavy atom. The average Bonchev–Trinajstić information content (AvgIpc) is 2.82. The molecule has 2 heterocycles. The second-order valence-electron chi connectivity index (χ2n) is 8.77. The van der Waals surface area contributed by atoms with E-state index in [1.54, 1.807) is 15.9 Å². The maximum absolute atomic E-state index is 13.2. The number of alkyl halides is 3. The number of hydrogen-bond donors (Lipinski definition) is 1. The lowest BCUT2D eigenvalue weighted by Gasteiger charge is -2.39. The highest BCUT2D eigenvalue weighted by Crippen LogP contribution is 2.32. The Balaban J connectivity index is 1.40. The third kappa shape index (κ3) is 4.60. The van der Waals surface area contributed by atoms with Crippen molar-refractivity contribution in [2.24, 2.45) is 11.8 Å². The van der Waals surface area contributed by atoms with Crippen LogP contribution in [0.25, 0.3) is 10.8 Å². The van der Waals surface area contributed by atoms with E-state index in [4.69, 9.17) is 0 Å². The van der Waals surface area contributed by atoms with Crippen molar-refractivity contribution >= 4 is 22.6 Å². The van der Waals surface area contributed by atoms with Crippen molar-refractivity contribution < 1.29 is 27.9 Å². The fourth-order valence-electron chi connectivity index (χ4n) is 4.91. The van der Waals surface area contributed by atoms with E-state index >= 15 is 0 Å². The maximum Gasteiger partial charge on any atom is 0.414 e. The number of fused-ring (bicyclic) bond motifs is 1. The molecule has 172 valence electrons. The topological polar surface area (TPSA) is 60.9 Å². The first kappa shape index (κ1) is 22.6. The number of carbonyl (C=O) groups excluding carboxylic acids is 2. The first-order valence-corrected chi connectivity index (χ1v) is 11.1. The Kier molecular flexibility index (Phi) is 6.42. The van der Waals surface area contributed by atoms with Gasteiger partial charge in [-0.1, -0.05) is 36.4 Å². The van der Waals surface area contributed by atoms with Crippen LogP contribution >= 0.6 is 0 Å². The van der Waals surface area contributed by atoms with Crippen LogP contribution in [-0.4, -0.2) is 65.2 Å². The van der Waals surface area contributed by atoms with E-state index in [1.807, 2.05) is 36.4 Å². The lowest BCUT2D eigenvalue weighted by atomic mass is 9.89. The van der Waals surface area contributed by atoms with Gasteiger partial charge in [-0.3, -0.25) is 9.59 Å². The predicted octanol–water partition coefficient (Wildman–Crippen LogP) is 3.85. The fraction of sp³-hybridized carbons (Fsp3) is 0.500. The summed E-state index contributed by atoms with van der Waals surface area (Å²) < 4.78 is 38.3. The van der Waals surface area contributed by atoms with E-state index in [2.05, 4.69) is 0 Å². The van der Waals surface area contributed by atoms with Gasteiger partial charge in [-0.15, -0.1) is 0 Å². The molecule has 0 aromatic heterocycles. The minimum absolute atomic E-state index is 0.105. The van der Waals surface area contributed by atoms with Crippen molar-refractivity contribution in [3.8, 4) is 0 Å². The molecule has 2 fully saturated rings. The zero-order chi connectivity index (χ0) is 22.9. The van der Waals surface area contributed by atoms with Gasteiger partial charge in [-0.05, 0) is 48.4 Å². The summed E-state index contributed by atoms with van der Waals surface area (Å²) in [6, 6.07) is 13.3. The van der Waals surface area contributed by atoms with Crippen LogP contribution in [0.1, 0.15) is 36.0 Å². The van der Waals surface area contributed by atoms with E-state index in [1.165, 1.54) is 0 Å². The summed E-state index contributed by atoms with van der Waals surface area (Å²) in [5, 5.41) is 11.3. The number of amides is 2. The molecule has 4 rings (SSSR count). The molecular formula is C24H27F3N2O3. The van der Waals surface area contributed by atoms with Gasteiger partial charge < -0.3 is 14.9 Å². The molecule has 2 atom stereocenters. The van der Waals surface area contributed by atoms with Gasteiger partial charge in [0.05, 0.1) is 5.92 Å². The number of halogens is 3. The Labute approximate surface area is 184 Å². The van der Waals surface area contributed by atoms with E-state index in [0.29, 0.717) is 31.5 Å². The number of aliphatic hydroxyl groups is 1. The van der Waals surface area contributed by atoms with Crippen LogP contribution in [-0.2, 0) is 4.79 Å². The highest BCUT2D eigenvalue weighted by Gasteiger charge is 2.45. The molecular weight excluding hydrogens is 421 g/mol. The number of hydrogen-bond acceptors (Lipinski definition) is 3. The Bertz CT molecular complexity index is 981. The van der Waals surface area contributed by atoms with E-state index in [0.717, 1.165) is 10.8 Å². The predicted molar refractivity (Wildman–Crippen MR) is 114 cm³/mol. The number of likely N-dealkylation sites (tertiary alicyclic amines) is 2. The van der Waals surface area contributed by atoms with E-state index < -0.39 is 18.2 Å². The first-order valence-electron chi connectivity index (χ1n) is 11.1. The van der Waals surface area contributed by atoms with Crippen molar-refractivity contribution in [3.05, 3.63) is 48.0 Å². The van der Waals surface area contributed by atoms with Gasteiger partial charge in [0.2, 0.25) is 5.91 Å². The average molecular weight is 448 g/mol. The summed E-state index contributed by atoms with van der Waals surface area (Å²) in [7, 11) is 0.